The molecule has 0 radical (unpaired) electrons. The Morgan fingerprint density at radius 1 is 1.25 bits per heavy atom. The van der Waals surface area contributed by atoms with Crippen LogP contribution in [-0.4, -0.2) is 75.4 Å². The van der Waals surface area contributed by atoms with Gasteiger partial charge in [0.05, 0.1) is 17.4 Å². The molecule has 11 nitrogen and oxygen atoms in total. The predicted molar refractivity (Wildman–Crippen MR) is 130 cm³/mol. The number of hydrogen-bond acceptors (Lipinski definition) is 10. The Balaban J connectivity index is 1.87. The number of carbonyl (C=O) groups excluding carboxylic acids is 3. The van der Waals surface area contributed by atoms with Gasteiger partial charge in [-0.05, 0) is 36.8 Å². The van der Waals surface area contributed by atoms with E-state index >= 15 is 0 Å². The van der Waals surface area contributed by atoms with Crippen LogP contribution in [0.1, 0.15) is 42.1 Å². The third-order valence-corrected chi connectivity index (χ3v) is 7.52. The Kier molecular flexibility index (Phi) is 6.26. The molecule has 1 aromatic rings. The molecule has 0 aromatic heterocycles. The zero-order chi connectivity index (χ0) is 26.7. The molecule has 0 fully saturated rings. The second-order valence-corrected chi connectivity index (χ2v) is 9.89. The van der Waals surface area contributed by atoms with Crippen molar-refractivity contribution in [1.82, 2.24) is 0 Å². The van der Waals surface area contributed by atoms with E-state index in [0.717, 1.165) is 0 Å². The Hall–Kier alpha value is -3.57. The van der Waals surface area contributed by atoms with E-state index in [1.165, 1.54) is 0 Å². The number of allylic oxidation sites excluding steroid dienone is 2. The van der Waals surface area contributed by atoms with E-state index in [9.17, 15) is 39.9 Å². The third kappa shape index (κ3) is 3.61. The number of nitrogens with zero attached hydrogens (tertiary/aromatic N) is 1. The predicted octanol–water partition coefficient (Wildman–Crippen LogP) is 0.829. The van der Waals surface area contributed by atoms with Crippen LogP contribution in [0.25, 0.3) is 0 Å². The van der Waals surface area contributed by atoms with E-state index < -0.39 is 58.1 Å². The minimum atomic E-state index is -2.60. The molecule has 1 aromatic carbocycles. The van der Waals surface area contributed by atoms with Crippen LogP contribution < -0.4 is 16.0 Å². The van der Waals surface area contributed by atoms with Gasteiger partial charge in [-0.2, -0.15) is 0 Å². The summed E-state index contributed by atoms with van der Waals surface area (Å²) in [5.74, 6) is -6.66. The number of primary amides is 1. The molecule has 0 bridgehead atoms. The molecule has 0 saturated carbocycles. The molecule has 1 amide bonds. The van der Waals surface area contributed by atoms with E-state index in [-0.39, 0.29) is 48.4 Å². The van der Waals surface area contributed by atoms with Gasteiger partial charge < -0.3 is 41.5 Å². The first-order valence-electron chi connectivity index (χ1n) is 11.8. The van der Waals surface area contributed by atoms with Crippen molar-refractivity contribution in [1.29, 1.82) is 0 Å². The molecule has 0 saturated heterocycles. The number of aliphatic hydroxyl groups is 4. The molecule has 1 unspecified atom stereocenters. The first-order chi connectivity index (χ1) is 16.8. The topological polar surface area (TPSA) is 194 Å². The SMILES string of the molecule is CCC(O)CNc1cc(N(C)C)c2c(c1O)C(=O)C1=C(O)[C@]3(O)C(=O)C(C(N)=O)=C(O)C[C@@H]3C[C@@H]1C2. The van der Waals surface area contributed by atoms with Crippen molar-refractivity contribution in [2.24, 2.45) is 17.6 Å². The van der Waals surface area contributed by atoms with Crippen LogP contribution in [-0.2, 0) is 16.0 Å². The lowest BCUT2D eigenvalue weighted by atomic mass is 9.60. The first-order valence-corrected chi connectivity index (χ1v) is 11.8. The number of carbonyl (C=O) groups is 3. The summed E-state index contributed by atoms with van der Waals surface area (Å²) in [5.41, 5.74) is 2.91. The number of rotatable bonds is 6. The number of nitrogens with two attached hydrogens (primary N) is 1. The molecule has 194 valence electrons. The molecular formula is C25H31N3O8. The van der Waals surface area contributed by atoms with Crippen molar-refractivity contribution in [2.45, 2.75) is 44.3 Å². The summed E-state index contributed by atoms with van der Waals surface area (Å²) in [4.78, 5) is 40.4. The summed E-state index contributed by atoms with van der Waals surface area (Å²) in [5, 5.41) is 56.7. The average molecular weight is 502 g/mol. The summed E-state index contributed by atoms with van der Waals surface area (Å²) in [7, 11) is 3.55. The molecule has 4 atom stereocenters. The summed E-state index contributed by atoms with van der Waals surface area (Å²) in [6.07, 6.45) is -0.192. The van der Waals surface area contributed by atoms with E-state index in [1.807, 2.05) is 0 Å². The molecule has 0 spiro atoms. The second-order valence-electron chi connectivity index (χ2n) is 9.89. The van der Waals surface area contributed by atoms with Gasteiger partial charge in [0.15, 0.2) is 11.4 Å². The zero-order valence-electron chi connectivity index (χ0n) is 20.3. The van der Waals surface area contributed by atoms with Crippen molar-refractivity contribution in [3.63, 3.8) is 0 Å². The Morgan fingerprint density at radius 3 is 2.50 bits per heavy atom. The van der Waals surface area contributed by atoms with E-state index in [0.29, 0.717) is 17.7 Å². The molecule has 3 aliphatic carbocycles. The Bertz CT molecular complexity index is 1230. The van der Waals surface area contributed by atoms with Gasteiger partial charge in [-0.1, -0.05) is 6.92 Å². The van der Waals surface area contributed by atoms with Crippen molar-refractivity contribution in [2.75, 3.05) is 30.9 Å². The van der Waals surface area contributed by atoms with Gasteiger partial charge in [0.2, 0.25) is 5.78 Å². The molecule has 0 aliphatic heterocycles. The maximum Gasteiger partial charge on any atom is 0.255 e. The number of benzene rings is 1. The van der Waals surface area contributed by atoms with Crippen LogP contribution >= 0.6 is 0 Å². The minimum Gasteiger partial charge on any atom is -0.511 e. The quantitative estimate of drug-likeness (QED) is 0.217. The molecule has 8 N–H and O–H groups in total. The summed E-state index contributed by atoms with van der Waals surface area (Å²) in [6.45, 7) is 1.93. The van der Waals surface area contributed by atoms with Crippen LogP contribution in [0.3, 0.4) is 0 Å². The molecule has 4 rings (SSSR count). The largest absolute Gasteiger partial charge is 0.511 e. The van der Waals surface area contributed by atoms with Gasteiger partial charge in [-0.25, -0.2) is 0 Å². The number of phenols is 1. The first kappa shape index (κ1) is 25.5. The highest BCUT2D eigenvalue weighted by Gasteiger charge is 2.59. The molecule has 0 heterocycles. The summed E-state index contributed by atoms with van der Waals surface area (Å²) >= 11 is 0. The highest BCUT2D eigenvalue weighted by Crippen LogP contribution is 2.53. The fourth-order valence-corrected chi connectivity index (χ4v) is 5.57. The fourth-order valence-electron chi connectivity index (χ4n) is 5.57. The highest BCUT2D eigenvalue weighted by molar-refractivity contribution is 6.24. The average Bonchev–Trinajstić information content (AvgIpc) is 2.80. The molecule has 11 heteroatoms. The summed E-state index contributed by atoms with van der Waals surface area (Å²) in [6, 6.07) is 1.68. The Morgan fingerprint density at radius 2 is 1.92 bits per heavy atom. The van der Waals surface area contributed by atoms with Crippen LogP contribution in [0, 0.1) is 11.8 Å². The third-order valence-electron chi connectivity index (χ3n) is 7.52. The van der Waals surface area contributed by atoms with Crippen molar-refractivity contribution in [3.05, 3.63) is 39.9 Å². The maximum absolute atomic E-state index is 13.8. The van der Waals surface area contributed by atoms with Crippen molar-refractivity contribution < 1.29 is 39.9 Å². The number of aromatic hydroxyl groups is 1. The van der Waals surface area contributed by atoms with Gasteiger partial charge in [-0.15, -0.1) is 0 Å². The smallest absolute Gasteiger partial charge is 0.255 e. The van der Waals surface area contributed by atoms with Crippen LogP contribution in [0.4, 0.5) is 11.4 Å². The number of aliphatic hydroxyl groups excluding tert-OH is 3. The van der Waals surface area contributed by atoms with Crippen molar-refractivity contribution in [3.8, 4) is 5.75 Å². The van der Waals surface area contributed by atoms with Gasteiger partial charge in [-0.3, -0.25) is 14.4 Å². The maximum atomic E-state index is 13.8. The number of nitrogens with one attached hydrogen (secondary N) is 1. The second kappa shape index (κ2) is 8.82. The van der Waals surface area contributed by atoms with Gasteiger partial charge in [0.25, 0.3) is 5.91 Å². The number of anilines is 2. The highest BCUT2D eigenvalue weighted by atomic mass is 16.3. The standard InChI is InChI=1S/C25H31N3O8/c1-4-12(29)9-27-14-8-15(28(2)3)13-6-10-5-11-7-16(30)19(24(26)35)23(34)25(11,36)22(33)17(10)21(32)18(13)20(14)31/h8,10-12,27,29-31,33,36H,4-7,9H2,1-3H3,(H2,26,35)/t10-,11+,12?,25+/m1/s1. The molecule has 36 heavy (non-hydrogen) atoms. The molecular weight excluding hydrogens is 470 g/mol. The monoisotopic (exact) mass is 501 g/mol. The number of Topliss-reactive ketones (excluding diaryl/α,β-unsaturated/α-hetero) is 2. The molecule has 3 aliphatic rings. The van der Waals surface area contributed by atoms with Gasteiger partial charge in [0.1, 0.15) is 22.8 Å². The number of hydrogen-bond donors (Lipinski definition) is 7. The fraction of sp³-hybridized carbons (Fsp3) is 0.480. The van der Waals surface area contributed by atoms with E-state index in [1.54, 1.807) is 32.0 Å². The van der Waals surface area contributed by atoms with E-state index in [2.05, 4.69) is 5.32 Å². The van der Waals surface area contributed by atoms with Gasteiger partial charge >= 0.3 is 0 Å². The number of ketones is 2. The zero-order valence-corrected chi connectivity index (χ0v) is 20.3. The van der Waals surface area contributed by atoms with Gasteiger partial charge in [0, 0.05) is 44.2 Å². The van der Waals surface area contributed by atoms with Crippen LogP contribution in [0.2, 0.25) is 0 Å². The number of amides is 1. The van der Waals surface area contributed by atoms with Crippen LogP contribution in [0.15, 0.2) is 28.7 Å². The Labute approximate surface area is 207 Å². The lowest BCUT2D eigenvalue weighted by Crippen LogP contribution is -2.57. The van der Waals surface area contributed by atoms with Crippen LogP contribution in [0.5, 0.6) is 5.75 Å². The van der Waals surface area contributed by atoms with Crippen molar-refractivity contribution >= 4 is 28.8 Å². The number of fused-ring (bicyclic) bond motifs is 3. The number of phenolic OH excluding ortho intramolecular Hbond substituents is 1. The minimum absolute atomic E-state index is 0.0687. The van der Waals surface area contributed by atoms with E-state index in [4.69, 9.17) is 5.73 Å². The normalized spacial score (nSPS) is 26.2. The lowest BCUT2D eigenvalue weighted by Gasteiger charge is -2.46. The summed E-state index contributed by atoms with van der Waals surface area (Å²) < 4.78 is 0. The lowest BCUT2D eigenvalue weighted by molar-refractivity contribution is -0.144.